The monoisotopic (exact) mass is 207 g/mol. The summed E-state index contributed by atoms with van der Waals surface area (Å²) in [6.45, 7) is 2.07. The molecule has 0 N–H and O–H groups in total. The van der Waals surface area contributed by atoms with Gasteiger partial charge in [0.15, 0.2) is 0 Å². The van der Waals surface area contributed by atoms with E-state index in [1.165, 1.54) is 11.1 Å². The third-order valence-electron chi connectivity index (χ3n) is 2.47. The SMILES string of the molecule is ClCCCN1C=Cc2ccccc2C1. The van der Waals surface area contributed by atoms with Crippen molar-refractivity contribution >= 4 is 17.7 Å². The van der Waals surface area contributed by atoms with E-state index < -0.39 is 0 Å². The fourth-order valence-corrected chi connectivity index (χ4v) is 1.83. The van der Waals surface area contributed by atoms with E-state index >= 15 is 0 Å². The number of rotatable bonds is 3. The second-order valence-corrected chi connectivity index (χ2v) is 3.91. The third-order valence-corrected chi connectivity index (χ3v) is 2.74. The first-order valence-electron chi connectivity index (χ1n) is 4.96. The van der Waals surface area contributed by atoms with Gasteiger partial charge in [-0.3, -0.25) is 0 Å². The summed E-state index contributed by atoms with van der Waals surface area (Å²) < 4.78 is 0. The maximum Gasteiger partial charge on any atom is 0.0429 e. The van der Waals surface area contributed by atoms with Crippen molar-refractivity contribution in [3.8, 4) is 0 Å². The van der Waals surface area contributed by atoms with Crippen LogP contribution in [-0.2, 0) is 6.54 Å². The number of halogens is 1. The lowest BCUT2D eigenvalue weighted by Crippen LogP contribution is -2.21. The van der Waals surface area contributed by atoms with Crippen molar-refractivity contribution in [2.45, 2.75) is 13.0 Å². The molecule has 1 aromatic rings. The Morgan fingerprint density at radius 3 is 3.00 bits per heavy atom. The van der Waals surface area contributed by atoms with Crippen molar-refractivity contribution < 1.29 is 0 Å². The van der Waals surface area contributed by atoms with Crippen molar-refractivity contribution in [1.82, 2.24) is 4.90 Å². The average Bonchev–Trinajstić information content (AvgIpc) is 2.26. The van der Waals surface area contributed by atoms with Crippen molar-refractivity contribution in [3.05, 3.63) is 41.6 Å². The largest absolute Gasteiger partial charge is 0.373 e. The molecule has 0 fully saturated rings. The van der Waals surface area contributed by atoms with E-state index in [4.69, 9.17) is 11.6 Å². The Morgan fingerprint density at radius 1 is 1.29 bits per heavy atom. The van der Waals surface area contributed by atoms with Crippen LogP contribution in [0, 0.1) is 0 Å². The number of alkyl halides is 1. The molecule has 0 radical (unpaired) electrons. The van der Waals surface area contributed by atoms with Crippen molar-refractivity contribution in [1.29, 1.82) is 0 Å². The molecule has 74 valence electrons. The molecule has 0 spiro atoms. The van der Waals surface area contributed by atoms with Crippen LogP contribution in [0.15, 0.2) is 30.5 Å². The van der Waals surface area contributed by atoms with Gasteiger partial charge in [-0.25, -0.2) is 0 Å². The van der Waals surface area contributed by atoms with Gasteiger partial charge in [-0.2, -0.15) is 0 Å². The van der Waals surface area contributed by atoms with Gasteiger partial charge in [-0.05, 0) is 29.8 Å². The zero-order valence-electron chi connectivity index (χ0n) is 8.12. The van der Waals surface area contributed by atoms with E-state index in [2.05, 4.69) is 41.4 Å². The molecule has 1 aliphatic heterocycles. The summed E-state index contributed by atoms with van der Waals surface area (Å²) in [6, 6.07) is 8.52. The summed E-state index contributed by atoms with van der Waals surface area (Å²) in [4.78, 5) is 2.31. The normalized spacial score (nSPS) is 14.2. The van der Waals surface area contributed by atoms with Crippen LogP contribution in [-0.4, -0.2) is 17.3 Å². The van der Waals surface area contributed by atoms with Crippen LogP contribution in [0.4, 0.5) is 0 Å². The van der Waals surface area contributed by atoms with E-state index in [9.17, 15) is 0 Å². The standard InChI is InChI=1S/C12H14ClN/c13-7-3-8-14-9-6-11-4-1-2-5-12(11)10-14/h1-2,4-6,9H,3,7-8,10H2. The molecule has 2 rings (SSSR count). The fraction of sp³-hybridized carbons (Fsp3) is 0.333. The van der Waals surface area contributed by atoms with E-state index in [0.29, 0.717) is 0 Å². The fourth-order valence-electron chi connectivity index (χ4n) is 1.71. The first-order valence-corrected chi connectivity index (χ1v) is 5.50. The Bertz CT molecular complexity index is 333. The Hall–Kier alpha value is -0.950. The second kappa shape index (κ2) is 4.52. The minimum absolute atomic E-state index is 0.742. The first kappa shape index (κ1) is 9.60. The molecular weight excluding hydrogens is 194 g/mol. The summed E-state index contributed by atoms with van der Waals surface area (Å²) in [5.41, 5.74) is 2.75. The van der Waals surface area contributed by atoms with E-state index in [1.807, 2.05) is 0 Å². The van der Waals surface area contributed by atoms with Crippen LogP contribution in [0.3, 0.4) is 0 Å². The molecule has 1 aliphatic rings. The van der Waals surface area contributed by atoms with Gasteiger partial charge >= 0.3 is 0 Å². The van der Waals surface area contributed by atoms with Crippen LogP contribution in [0.5, 0.6) is 0 Å². The molecule has 14 heavy (non-hydrogen) atoms. The Labute approximate surface area is 90.0 Å². The highest BCUT2D eigenvalue weighted by molar-refractivity contribution is 6.17. The number of nitrogens with zero attached hydrogens (tertiary/aromatic N) is 1. The molecule has 0 saturated carbocycles. The Kier molecular flexibility index (Phi) is 3.10. The van der Waals surface area contributed by atoms with Crippen molar-refractivity contribution in [3.63, 3.8) is 0 Å². The molecular formula is C12H14ClN. The first-order chi connectivity index (χ1) is 6.90. The molecule has 1 aromatic carbocycles. The lowest BCUT2D eigenvalue weighted by Gasteiger charge is -2.24. The second-order valence-electron chi connectivity index (χ2n) is 3.53. The van der Waals surface area contributed by atoms with Crippen molar-refractivity contribution in [2.24, 2.45) is 0 Å². The van der Waals surface area contributed by atoms with Gasteiger partial charge < -0.3 is 4.90 Å². The smallest absolute Gasteiger partial charge is 0.0429 e. The van der Waals surface area contributed by atoms with Crippen LogP contribution >= 0.6 is 11.6 Å². The van der Waals surface area contributed by atoms with Crippen LogP contribution in [0.1, 0.15) is 17.5 Å². The number of hydrogen-bond acceptors (Lipinski definition) is 1. The lowest BCUT2D eigenvalue weighted by molar-refractivity contribution is 0.368. The maximum atomic E-state index is 5.67. The van der Waals surface area contributed by atoms with E-state index in [0.717, 1.165) is 25.4 Å². The van der Waals surface area contributed by atoms with Gasteiger partial charge in [0.25, 0.3) is 0 Å². The predicted molar refractivity (Wildman–Crippen MR) is 61.2 cm³/mol. The third kappa shape index (κ3) is 2.10. The highest BCUT2D eigenvalue weighted by Gasteiger charge is 2.08. The lowest BCUT2D eigenvalue weighted by atomic mass is 10.0. The molecule has 0 saturated heterocycles. The molecule has 0 bridgehead atoms. The summed E-state index contributed by atoms with van der Waals surface area (Å²) in [7, 11) is 0. The van der Waals surface area contributed by atoms with Gasteiger partial charge in [0.1, 0.15) is 0 Å². The highest BCUT2D eigenvalue weighted by atomic mass is 35.5. The topological polar surface area (TPSA) is 3.24 Å². The van der Waals surface area contributed by atoms with Gasteiger partial charge in [-0.15, -0.1) is 11.6 Å². The number of benzene rings is 1. The minimum atomic E-state index is 0.742. The van der Waals surface area contributed by atoms with Gasteiger partial charge in [0.2, 0.25) is 0 Å². The van der Waals surface area contributed by atoms with Crippen molar-refractivity contribution in [2.75, 3.05) is 12.4 Å². The number of fused-ring (bicyclic) bond motifs is 1. The quantitative estimate of drug-likeness (QED) is 0.689. The maximum absolute atomic E-state index is 5.67. The van der Waals surface area contributed by atoms with Gasteiger partial charge in [-0.1, -0.05) is 24.3 Å². The summed E-state index contributed by atoms with van der Waals surface area (Å²) >= 11 is 5.67. The van der Waals surface area contributed by atoms with Gasteiger partial charge in [0.05, 0.1) is 0 Å². The Morgan fingerprint density at radius 2 is 2.14 bits per heavy atom. The minimum Gasteiger partial charge on any atom is -0.373 e. The Balaban J connectivity index is 2.06. The highest BCUT2D eigenvalue weighted by Crippen LogP contribution is 2.19. The van der Waals surface area contributed by atoms with Gasteiger partial charge in [0, 0.05) is 19.0 Å². The average molecular weight is 208 g/mol. The van der Waals surface area contributed by atoms with Crippen LogP contribution in [0.25, 0.3) is 6.08 Å². The van der Waals surface area contributed by atoms with E-state index in [1.54, 1.807) is 0 Å². The molecule has 0 amide bonds. The summed E-state index contributed by atoms with van der Waals surface area (Å²) in [5.74, 6) is 0.742. The van der Waals surface area contributed by atoms with Crippen LogP contribution in [0.2, 0.25) is 0 Å². The zero-order chi connectivity index (χ0) is 9.80. The summed E-state index contributed by atoms with van der Waals surface area (Å²) in [5, 5.41) is 0. The summed E-state index contributed by atoms with van der Waals surface area (Å²) in [6.07, 6.45) is 5.38. The van der Waals surface area contributed by atoms with E-state index in [-0.39, 0.29) is 0 Å². The molecule has 0 aromatic heterocycles. The van der Waals surface area contributed by atoms with Crippen LogP contribution < -0.4 is 0 Å². The molecule has 0 aliphatic carbocycles. The zero-order valence-corrected chi connectivity index (χ0v) is 8.87. The predicted octanol–water partition coefficient (Wildman–Crippen LogP) is 3.10. The molecule has 1 nitrogen and oxygen atoms in total. The molecule has 1 heterocycles. The molecule has 2 heteroatoms. The molecule has 0 atom stereocenters. The number of hydrogen-bond donors (Lipinski definition) is 0. The molecule has 0 unspecified atom stereocenters.